The fraction of sp³-hybridized carbons (Fsp3) is 0.250. The van der Waals surface area contributed by atoms with Gasteiger partial charge in [0.2, 0.25) is 0 Å². The summed E-state index contributed by atoms with van der Waals surface area (Å²) < 4.78 is 23.8. The van der Waals surface area contributed by atoms with Crippen molar-refractivity contribution in [1.82, 2.24) is 0 Å². The first-order valence-electron chi connectivity index (χ1n) is 4.02. The summed E-state index contributed by atoms with van der Waals surface area (Å²) in [4.78, 5) is 0. The Kier molecular flexibility index (Phi) is 3.10. The van der Waals surface area contributed by atoms with Gasteiger partial charge >= 0.3 is 0 Å². The molecule has 5 nitrogen and oxygen atoms in total. The molecule has 0 aromatic heterocycles. The second-order valence-electron chi connectivity index (χ2n) is 3.00. The highest BCUT2D eigenvalue weighted by molar-refractivity contribution is 7.90. The topological polar surface area (TPSA) is 98.2 Å². The average Bonchev–Trinajstić information content (AvgIpc) is 2.06. The number of aryl methyl sites for hydroxylation is 1. The van der Waals surface area contributed by atoms with Crippen LogP contribution in [-0.4, -0.2) is 8.42 Å². The molecule has 0 fully saturated rings. The summed E-state index contributed by atoms with van der Waals surface area (Å²) in [7, 11) is -3.72. The van der Waals surface area contributed by atoms with Gasteiger partial charge in [-0.05, 0) is 24.1 Å². The number of rotatable bonds is 3. The van der Waals surface area contributed by atoms with E-state index in [1.54, 1.807) is 19.1 Å². The van der Waals surface area contributed by atoms with E-state index in [9.17, 15) is 8.42 Å². The molecule has 14 heavy (non-hydrogen) atoms. The van der Waals surface area contributed by atoms with E-state index in [0.29, 0.717) is 12.2 Å². The number of benzene rings is 1. The minimum Gasteiger partial charge on any atom is -0.326 e. The van der Waals surface area contributed by atoms with Gasteiger partial charge < -0.3 is 5.73 Å². The molecule has 1 aromatic carbocycles. The maximum atomic E-state index is 10.8. The summed E-state index contributed by atoms with van der Waals surface area (Å²) in [5, 5.41) is 4.86. The highest BCUT2D eigenvalue weighted by atomic mass is 32.2. The highest BCUT2D eigenvalue weighted by Gasteiger charge is 2.05. The molecule has 1 rings (SSSR count). The van der Waals surface area contributed by atoms with E-state index in [0.717, 1.165) is 11.1 Å². The van der Waals surface area contributed by atoms with Crippen molar-refractivity contribution in [3.63, 3.8) is 0 Å². The Bertz CT molecular complexity index is 428. The molecule has 0 aliphatic heterocycles. The maximum Gasteiger partial charge on any atom is 0.296 e. The Morgan fingerprint density at radius 2 is 2.07 bits per heavy atom. The van der Waals surface area contributed by atoms with Crippen LogP contribution in [0, 0.1) is 6.92 Å². The molecular formula is C8H13N3O2S. The Balaban J connectivity index is 3.07. The van der Waals surface area contributed by atoms with Crippen molar-refractivity contribution in [3.05, 3.63) is 29.3 Å². The Morgan fingerprint density at radius 1 is 1.43 bits per heavy atom. The van der Waals surface area contributed by atoms with Crippen LogP contribution in [0.3, 0.4) is 0 Å². The maximum absolute atomic E-state index is 10.8. The first kappa shape index (κ1) is 11.0. The Hall–Kier alpha value is -1.11. The standard InChI is InChI=1S/C8H13N3O2S/c1-6-2-3-7(5-9)4-8(6)11-14(10,12)13/h2-4,11H,5,9H2,1H3,(H2,10,12,13). The van der Waals surface area contributed by atoms with Gasteiger partial charge in [-0.3, -0.25) is 4.72 Å². The first-order valence-corrected chi connectivity index (χ1v) is 5.57. The van der Waals surface area contributed by atoms with E-state index < -0.39 is 10.2 Å². The minimum absolute atomic E-state index is 0.361. The number of hydrogen-bond donors (Lipinski definition) is 3. The van der Waals surface area contributed by atoms with E-state index in [-0.39, 0.29) is 0 Å². The third-order valence-corrected chi connectivity index (χ3v) is 2.29. The molecule has 0 atom stereocenters. The molecule has 0 aliphatic carbocycles. The van der Waals surface area contributed by atoms with Gasteiger partial charge in [0, 0.05) is 6.54 Å². The largest absolute Gasteiger partial charge is 0.326 e. The van der Waals surface area contributed by atoms with Gasteiger partial charge in [-0.2, -0.15) is 8.42 Å². The van der Waals surface area contributed by atoms with Gasteiger partial charge in [0.25, 0.3) is 10.2 Å². The molecule has 0 unspecified atom stereocenters. The predicted octanol–water partition coefficient (Wildman–Crippen LogP) is 0.0691. The van der Waals surface area contributed by atoms with Crippen molar-refractivity contribution in [2.24, 2.45) is 10.9 Å². The second kappa shape index (κ2) is 3.95. The lowest BCUT2D eigenvalue weighted by molar-refractivity contribution is 0.603. The van der Waals surface area contributed by atoms with Gasteiger partial charge in [0.1, 0.15) is 0 Å². The van der Waals surface area contributed by atoms with Crippen LogP contribution < -0.4 is 15.6 Å². The van der Waals surface area contributed by atoms with E-state index >= 15 is 0 Å². The number of nitrogens with two attached hydrogens (primary N) is 2. The molecule has 0 heterocycles. The molecule has 0 amide bonds. The van der Waals surface area contributed by atoms with E-state index in [1.165, 1.54) is 0 Å². The summed E-state index contributed by atoms with van der Waals surface area (Å²) >= 11 is 0. The van der Waals surface area contributed by atoms with Gasteiger partial charge in [-0.15, -0.1) is 0 Å². The molecule has 0 saturated carbocycles. The predicted molar refractivity (Wildman–Crippen MR) is 55.8 cm³/mol. The molecule has 1 aromatic rings. The van der Waals surface area contributed by atoms with Gasteiger partial charge in [-0.1, -0.05) is 12.1 Å². The van der Waals surface area contributed by atoms with Crippen molar-refractivity contribution in [3.8, 4) is 0 Å². The van der Waals surface area contributed by atoms with Crippen LogP contribution in [0.5, 0.6) is 0 Å². The fourth-order valence-electron chi connectivity index (χ4n) is 1.06. The molecule has 0 aliphatic rings. The zero-order chi connectivity index (χ0) is 10.8. The molecular weight excluding hydrogens is 202 g/mol. The van der Waals surface area contributed by atoms with Crippen molar-refractivity contribution in [2.75, 3.05) is 4.72 Å². The number of anilines is 1. The van der Waals surface area contributed by atoms with E-state index in [2.05, 4.69) is 4.72 Å². The molecule has 0 saturated heterocycles. The minimum atomic E-state index is -3.72. The van der Waals surface area contributed by atoms with E-state index in [1.807, 2.05) is 6.07 Å². The fourth-order valence-corrected chi connectivity index (χ4v) is 1.59. The molecule has 6 heteroatoms. The normalized spacial score (nSPS) is 11.4. The van der Waals surface area contributed by atoms with Crippen molar-refractivity contribution >= 4 is 15.9 Å². The third kappa shape index (κ3) is 2.99. The van der Waals surface area contributed by atoms with Crippen LogP contribution in [0.25, 0.3) is 0 Å². The van der Waals surface area contributed by atoms with Crippen molar-refractivity contribution in [1.29, 1.82) is 0 Å². The lowest BCUT2D eigenvalue weighted by Gasteiger charge is -2.08. The summed E-state index contributed by atoms with van der Waals surface area (Å²) in [6.07, 6.45) is 0. The SMILES string of the molecule is Cc1ccc(CN)cc1NS(N)(=O)=O. The van der Waals surface area contributed by atoms with Crippen LogP contribution in [-0.2, 0) is 16.8 Å². The molecule has 5 N–H and O–H groups in total. The second-order valence-corrected chi connectivity index (χ2v) is 4.29. The average molecular weight is 215 g/mol. The summed E-state index contributed by atoms with van der Waals surface area (Å²) in [6, 6.07) is 5.29. The van der Waals surface area contributed by atoms with Gasteiger partial charge in [-0.25, -0.2) is 5.14 Å². The zero-order valence-electron chi connectivity index (χ0n) is 7.82. The highest BCUT2D eigenvalue weighted by Crippen LogP contribution is 2.17. The van der Waals surface area contributed by atoms with Crippen LogP contribution >= 0.6 is 0 Å². The molecule has 0 bridgehead atoms. The Morgan fingerprint density at radius 3 is 2.57 bits per heavy atom. The summed E-state index contributed by atoms with van der Waals surface area (Å²) in [5.74, 6) is 0. The smallest absolute Gasteiger partial charge is 0.296 e. The van der Waals surface area contributed by atoms with Crippen LogP contribution in [0.15, 0.2) is 18.2 Å². The lowest BCUT2D eigenvalue weighted by Crippen LogP contribution is -2.22. The molecule has 0 radical (unpaired) electrons. The van der Waals surface area contributed by atoms with Crippen LogP contribution in [0.4, 0.5) is 5.69 Å². The van der Waals surface area contributed by atoms with Gasteiger partial charge in [0.05, 0.1) is 5.69 Å². The summed E-state index contributed by atoms with van der Waals surface area (Å²) in [5.41, 5.74) is 7.54. The lowest BCUT2D eigenvalue weighted by atomic mass is 10.1. The van der Waals surface area contributed by atoms with Crippen molar-refractivity contribution < 1.29 is 8.42 Å². The van der Waals surface area contributed by atoms with Crippen LogP contribution in [0.1, 0.15) is 11.1 Å². The zero-order valence-corrected chi connectivity index (χ0v) is 8.64. The quantitative estimate of drug-likeness (QED) is 0.665. The van der Waals surface area contributed by atoms with E-state index in [4.69, 9.17) is 10.9 Å². The molecule has 78 valence electrons. The number of nitrogens with one attached hydrogen (secondary N) is 1. The third-order valence-electron chi connectivity index (χ3n) is 1.79. The molecule has 0 spiro atoms. The van der Waals surface area contributed by atoms with Crippen LogP contribution in [0.2, 0.25) is 0 Å². The monoisotopic (exact) mass is 215 g/mol. The number of hydrogen-bond acceptors (Lipinski definition) is 3. The summed E-state index contributed by atoms with van der Waals surface area (Å²) in [6.45, 7) is 2.15. The first-order chi connectivity index (χ1) is 6.42. The Labute approximate surface area is 83.3 Å². The van der Waals surface area contributed by atoms with Crippen molar-refractivity contribution in [2.45, 2.75) is 13.5 Å². The van der Waals surface area contributed by atoms with Gasteiger partial charge in [0.15, 0.2) is 0 Å².